The first-order valence-corrected chi connectivity index (χ1v) is 9.24. The summed E-state index contributed by atoms with van der Waals surface area (Å²) in [6.45, 7) is 3.69. The molecule has 0 radical (unpaired) electrons. The van der Waals surface area contributed by atoms with E-state index in [4.69, 9.17) is 4.74 Å². The van der Waals surface area contributed by atoms with Gasteiger partial charge in [-0.1, -0.05) is 6.07 Å². The highest BCUT2D eigenvalue weighted by Crippen LogP contribution is 2.38. The van der Waals surface area contributed by atoms with Gasteiger partial charge in [0, 0.05) is 30.4 Å². The van der Waals surface area contributed by atoms with Crippen LogP contribution in [0.2, 0.25) is 0 Å². The fraction of sp³-hybridized carbons (Fsp3) is 0.211. The van der Waals surface area contributed by atoms with Gasteiger partial charge in [-0.15, -0.1) is 11.3 Å². The number of halogens is 1. The van der Waals surface area contributed by atoms with E-state index >= 15 is 0 Å². The lowest BCUT2D eigenvalue weighted by atomic mass is 10.1. The first kappa shape index (κ1) is 17.4. The molecule has 0 fully saturated rings. The monoisotopic (exact) mass is 384 g/mol. The lowest BCUT2D eigenvalue weighted by molar-refractivity contribution is 0.231. The van der Waals surface area contributed by atoms with E-state index in [0.717, 1.165) is 5.56 Å². The first-order chi connectivity index (χ1) is 12.9. The van der Waals surface area contributed by atoms with Crippen molar-refractivity contribution >= 4 is 21.6 Å². The molecule has 6 nitrogen and oxygen atoms in total. The van der Waals surface area contributed by atoms with Gasteiger partial charge in [-0.25, -0.2) is 14.4 Å². The molecule has 27 heavy (non-hydrogen) atoms. The average Bonchev–Trinajstić information content (AvgIpc) is 3.22. The minimum atomic E-state index is -0.442. The molecule has 4 rings (SSSR count). The molecule has 8 heteroatoms. The maximum Gasteiger partial charge on any atom is 0.233 e. The molecular weight excluding hydrogens is 367 g/mol. The zero-order valence-corrected chi connectivity index (χ0v) is 15.8. The number of ether oxygens (including phenoxy) is 1. The Morgan fingerprint density at radius 3 is 2.74 bits per heavy atom. The molecule has 0 atom stereocenters. The summed E-state index contributed by atoms with van der Waals surface area (Å²) in [5.74, 6) is 0.501. The first-order valence-electron chi connectivity index (χ1n) is 8.36. The summed E-state index contributed by atoms with van der Waals surface area (Å²) in [7, 11) is 1.82. The van der Waals surface area contributed by atoms with Crippen molar-refractivity contribution in [2.45, 2.75) is 20.0 Å². The van der Waals surface area contributed by atoms with Crippen molar-refractivity contribution in [2.75, 3.05) is 0 Å². The molecule has 138 valence electrons. The van der Waals surface area contributed by atoms with Crippen molar-refractivity contribution in [3.8, 4) is 34.4 Å². The smallest absolute Gasteiger partial charge is 0.233 e. The molecule has 0 saturated heterocycles. The largest absolute Gasteiger partial charge is 0.492 e. The summed E-state index contributed by atoms with van der Waals surface area (Å²) >= 11 is 1.31. The number of aromatic hydroxyl groups is 1. The summed E-state index contributed by atoms with van der Waals surface area (Å²) < 4.78 is 22.2. The maximum absolute atomic E-state index is 14.4. The third kappa shape index (κ3) is 3.12. The molecular formula is C19H17FN4O2S. The second-order valence-corrected chi connectivity index (χ2v) is 7.25. The molecule has 0 aliphatic rings. The quantitative estimate of drug-likeness (QED) is 0.565. The van der Waals surface area contributed by atoms with E-state index in [1.165, 1.54) is 17.4 Å². The van der Waals surface area contributed by atoms with Crippen LogP contribution in [0, 0.1) is 5.82 Å². The fourth-order valence-electron chi connectivity index (χ4n) is 2.81. The van der Waals surface area contributed by atoms with E-state index in [0.29, 0.717) is 27.4 Å². The molecule has 0 amide bonds. The zero-order valence-electron chi connectivity index (χ0n) is 15.0. The van der Waals surface area contributed by atoms with E-state index in [-0.39, 0.29) is 17.7 Å². The molecule has 0 unspecified atom stereocenters. The standard InChI is InChI=1S/C19H17FN4O2S/c1-10(2)26-14-5-4-11(8-13(14)20)12-9-27-16-15(12)22-17(23-19(16)25)18-21-6-7-24(18)3/h4-10H,1-3H3,(H,22,23,25). The average molecular weight is 384 g/mol. The SMILES string of the molecule is CC(C)Oc1ccc(-c2csc3c(O)nc(-c4nccn4C)nc23)cc1F. The summed E-state index contributed by atoms with van der Waals surface area (Å²) in [4.78, 5) is 13.0. The topological polar surface area (TPSA) is 73.1 Å². The van der Waals surface area contributed by atoms with Gasteiger partial charge in [0.2, 0.25) is 5.88 Å². The molecule has 1 N–H and O–H groups in total. The molecule has 1 aromatic carbocycles. The minimum absolute atomic E-state index is 0.114. The Labute approximate surface area is 158 Å². The van der Waals surface area contributed by atoms with Crippen LogP contribution in [0.5, 0.6) is 11.6 Å². The third-order valence-corrected chi connectivity index (χ3v) is 4.99. The number of thiophene rings is 1. The Morgan fingerprint density at radius 2 is 2.07 bits per heavy atom. The van der Waals surface area contributed by atoms with Gasteiger partial charge >= 0.3 is 0 Å². The van der Waals surface area contributed by atoms with Crippen LogP contribution in [0.4, 0.5) is 4.39 Å². The van der Waals surface area contributed by atoms with Crippen LogP contribution in [0.1, 0.15) is 13.8 Å². The normalized spacial score (nSPS) is 11.4. The van der Waals surface area contributed by atoms with Gasteiger partial charge in [0.25, 0.3) is 0 Å². The lowest BCUT2D eigenvalue weighted by Gasteiger charge is -2.11. The summed E-state index contributed by atoms with van der Waals surface area (Å²) in [6, 6.07) is 4.80. The predicted molar refractivity (Wildman–Crippen MR) is 102 cm³/mol. The Bertz CT molecular complexity index is 1140. The number of aromatic nitrogens is 4. The van der Waals surface area contributed by atoms with Crippen molar-refractivity contribution in [3.63, 3.8) is 0 Å². The molecule has 0 bridgehead atoms. The highest BCUT2D eigenvalue weighted by atomic mass is 32.1. The van der Waals surface area contributed by atoms with Gasteiger partial charge in [-0.05, 0) is 31.5 Å². The summed E-state index contributed by atoms with van der Waals surface area (Å²) in [5.41, 5.74) is 1.93. The zero-order chi connectivity index (χ0) is 19.1. The van der Waals surface area contributed by atoms with Crippen molar-refractivity contribution in [1.82, 2.24) is 19.5 Å². The van der Waals surface area contributed by atoms with E-state index in [2.05, 4.69) is 15.0 Å². The number of benzene rings is 1. The molecule has 3 aromatic heterocycles. The Hall–Kier alpha value is -3.00. The molecule has 4 aromatic rings. The van der Waals surface area contributed by atoms with Crippen LogP contribution in [-0.2, 0) is 7.05 Å². The number of hydrogen-bond donors (Lipinski definition) is 1. The predicted octanol–water partition coefficient (Wildman–Crippen LogP) is 4.39. The molecule has 0 saturated carbocycles. The van der Waals surface area contributed by atoms with Crippen LogP contribution in [0.25, 0.3) is 33.0 Å². The van der Waals surface area contributed by atoms with Gasteiger partial charge in [-0.2, -0.15) is 4.98 Å². The van der Waals surface area contributed by atoms with Crippen LogP contribution in [-0.4, -0.2) is 30.7 Å². The molecule has 0 spiro atoms. The van der Waals surface area contributed by atoms with Gasteiger partial charge in [0.15, 0.2) is 23.2 Å². The fourth-order valence-corrected chi connectivity index (χ4v) is 3.71. The molecule has 3 heterocycles. The number of imidazole rings is 1. The van der Waals surface area contributed by atoms with Crippen molar-refractivity contribution < 1.29 is 14.2 Å². The van der Waals surface area contributed by atoms with Crippen molar-refractivity contribution in [3.05, 3.63) is 41.8 Å². The van der Waals surface area contributed by atoms with Crippen LogP contribution < -0.4 is 4.74 Å². The van der Waals surface area contributed by atoms with E-state index in [1.54, 1.807) is 29.1 Å². The van der Waals surface area contributed by atoms with E-state index in [1.807, 2.05) is 26.3 Å². The van der Waals surface area contributed by atoms with Gasteiger partial charge < -0.3 is 14.4 Å². The molecule has 0 aliphatic heterocycles. The van der Waals surface area contributed by atoms with Crippen molar-refractivity contribution in [1.29, 1.82) is 0 Å². The second kappa shape index (κ2) is 6.62. The summed E-state index contributed by atoms with van der Waals surface area (Å²) in [5, 5.41) is 12.2. The van der Waals surface area contributed by atoms with Gasteiger partial charge in [0.05, 0.1) is 11.6 Å². The highest BCUT2D eigenvalue weighted by molar-refractivity contribution is 7.18. The van der Waals surface area contributed by atoms with Crippen LogP contribution in [0.3, 0.4) is 0 Å². The maximum atomic E-state index is 14.4. The number of nitrogens with zero attached hydrogens (tertiary/aromatic N) is 4. The second-order valence-electron chi connectivity index (χ2n) is 6.37. The van der Waals surface area contributed by atoms with Crippen LogP contribution in [0.15, 0.2) is 36.0 Å². The number of fused-ring (bicyclic) bond motifs is 1. The summed E-state index contributed by atoms with van der Waals surface area (Å²) in [6.07, 6.45) is 3.30. The number of aryl methyl sites for hydroxylation is 1. The van der Waals surface area contributed by atoms with E-state index < -0.39 is 5.82 Å². The van der Waals surface area contributed by atoms with Gasteiger partial charge in [-0.3, -0.25) is 0 Å². The Morgan fingerprint density at radius 1 is 1.26 bits per heavy atom. The Balaban J connectivity index is 1.84. The lowest BCUT2D eigenvalue weighted by Crippen LogP contribution is -2.06. The number of hydrogen-bond acceptors (Lipinski definition) is 6. The van der Waals surface area contributed by atoms with Crippen molar-refractivity contribution in [2.24, 2.45) is 7.05 Å². The molecule has 0 aliphatic carbocycles. The highest BCUT2D eigenvalue weighted by Gasteiger charge is 2.18. The van der Waals surface area contributed by atoms with Gasteiger partial charge in [0.1, 0.15) is 4.70 Å². The van der Waals surface area contributed by atoms with Crippen LogP contribution >= 0.6 is 11.3 Å². The Kier molecular flexibility index (Phi) is 4.27. The van der Waals surface area contributed by atoms with E-state index in [9.17, 15) is 9.50 Å². The third-order valence-electron chi connectivity index (χ3n) is 4.02. The minimum Gasteiger partial charge on any atom is -0.492 e. The number of rotatable bonds is 4.